The van der Waals surface area contributed by atoms with Gasteiger partial charge in [-0.25, -0.2) is 0 Å². The molecule has 2 nitrogen and oxygen atoms in total. The summed E-state index contributed by atoms with van der Waals surface area (Å²) in [6, 6.07) is 0.586. The van der Waals surface area contributed by atoms with Gasteiger partial charge in [-0.15, -0.1) is 0 Å². The van der Waals surface area contributed by atoms with Crippen molar-refractivity contribution >= 4 is 0 Å². The zero-order valence-corrected chi connectivity index (χ0v) is 9.42. The zero-order valence-electron chi connectivity index (χ0n) is 9.42. The first kappa shape index (κ1) is 11.0. The minimum absolute atomic E-state index is 0.389. The first-order valence-electron chi connectivity index (χ1n) is 5.54. The molecule has 0 aromatic heterocycles. The van der Waals surface area contributed by atoms with Gasteiger partial charge in [0.1, 0.15) is 0 Å². The standard InChI is InChI=1S/C11H23NO/c1-5-6-7-12-8-9(2)13-11(4)10(12)3/h9-11H,5-8H2,1-4H3. The van der Waals surface area contributed by atoms with Gasteiger partial charge >= 0.3 is 0 Å². The smallest absolute Gasteiger partial charge is 0.0703 e. The molecule has 2 heteroatoms. The molecule has 0 bridgehead atoms. The van der Waals surface area contributed by atoms with E-state index >= 15 is 0 Å². The molecule has 3 unspecified atom stereocenters. The Bertz CT molecular complexity index is 149. The SMILES string of the molecule is CCCCN1CC(C)OC(C)C1C. The minimum atomic E-state index is 0.389. The average Bonchev–Trinajstić information content (AvgIpc) is 2.09. The highest BCUT2D eigenvalue weighted by atomic mass is 16.5. The molecule has 0 aliphatic carbocycles. The molecule has 1 aliphatic heterocycles. The first-order chi connectivity index (χ1) is 6.15. The number of unbranched alkanes of at least 4 members (excludes halogenated alkanes) is 1. The van der Waals surface area contributed by atoms with Gasteiger partial charge in [-0.05, 0) is 33.7 Å². The second-order valence-corrected chi connectivity index (χ2v) is 4.24. The second-order valence-electron chi connectivity index (χ2n) is 4.24. The van der Waals surface area contributed by atoms with E-state index in [9.17, 15) is 0 Å². The van der Waals surface area contributed by atoms with Crippen molar-refractivity contribution in [2.75, 3.05) is 13.1 Å². The molecule has 0 N–H and O–H groups in total. The summed E-state index contributed by atoms with van der Waals surface area (Å²) in [6.45, 7) is 11.2. The van der Waals surface area contributed by atoms with E-state index in [1.807, 2.05) is 0 Å². The van der Waals surface area contributed by atoms with E-state index in [-0.39, 0.29) is 0 Å². The van der Waals surface area contributed by atoms with Gasteiger partial charge in [0.2, 0.25) is 0 Å². The number of hydrogen-bond donors (Lipinski definition) is 0. The highest BCUT2D eigenvalue weighted by Gasteiger charge is 2.28. The van der Waals surface area contributed by atoms with E-state index in [4.69, 9.17) is 4.74 Å². The van der Waals surface area contributed by atoms with Crippen molar-refractivity contribution < 1.29 is 4.74 Å². The Hall–Kier alpha value is -0.0800. The van der Waals surface area contributed by atoms with E-state index in [1.54, 1.807) is 0 Å². The molecule has 78 valence electrons. The van der Waals surface area contributed by atoms with Gasteiger partial charge in [-0.1, -0.05) is 13.3 Å². The van der Waals surface area contributed by atoms with Crippen LogP contribution >= 0.6 is 0 Å². The Kier molecular flexibility index (Phi) is 4.20. The summed E-state index contributed by atoms with van der Waals surface area (Å²) in [5, 5.41) is 0. The van der Waals surface area contributed by atoms with Crippen LogP contribution < -0.4 is 0 Å². The molecular weight excluding hydrogens is 162 g/mol. The van der Waals surface area contributed by atoms with E-state index in [1.165, 1.54) is 19.4 Å². The number of nitrogens with zero attached hydrogens (tertiary/aromatic N) is 1. The predicted molar refractivity (Wildman–Crippen MR) is 56.0 cm³/mol. The van der Waals surface area contributed by atoms with Crippen LogP contribution in [0.5, 0.6) is 0 Å². The van der Waals surface area contributed by atoms with Crippen molar-refractivity contribution in [1.29, 1.82) is 0 Å². The van der Waals surface area contributed by atoms with Crippen LogP contribution in [0.2, 0.25) is 0 Å². The van der Waals surface area contributed by atoms with E-state index < -0.39 is 0 Å². The molecule has 0 saturated carbocycles. The fourth-order valence-electron chi connectivity index (χ4n) is 1.97. The van der Waals surface area contributed by atoms with E-state index in [2.05, 4.69) is 32.6 Å². The third kappa shape index (κ3) is 2.96. The Labute approximate surface area is 82.3 Å². The van der Waals surface area contributed by atoms with Crippen LogP contribution in [0.1, 0.15) is 40.5 Å². The molecular formula is C11H23NO. The van der Waals surface area contributed by atoms with Gasteiger partial charge in [0.15, 0.2) is 0 Å². The normalized spacial score (nSPS) is 36.5. The van der Waals surface area contributed by atoms with Gasteiger partial charge in [0, 0.05) is 12.6 Å². The molecule has 1 heterocycles. The topological polar surface area (TPSA) is 12.5 Å². The summed E-state index contributed by atoms with van der Waals surface area (Å²) in [6.07, 6.45) is 3.39. The van der Waals surface area contributed by atoms with E-state index in [0.29, 0.717) is 18.2 Å². The molecule has 0 aromatic carbocycles. The fourth-order valence-corrected chi connectivity index (χ4v) is 1.97. The van der Waals surface area contributed by atoms with Crippen LogP contribution in [0.25, 0.3) is 0 Å². The third-order valence-corrected chi connectivity index (χ3v) is 2.99. The Morgan fingerprint density at radius 3 is 2.62 bits per heavy atom. The lowest BCUT2D eigenvalue weighted by Gasteiger charge is -2.41. The lowest BCUT2D eigenvalue weighted by Crippen LogP contribution is -2.51. The van der Waals surface area contributed by atoms with Crippen molar-refractivity contribution in [2.45, 2.75) is 58.8 Å². The van der Waals surface area contributed by atoms with E-state index in [0.717, 1.165) is 6.54 Å². The van der Waals surface area contributed by atoms with Crippen molar-refractivity contribution in [3.63, 3.8) is 0 Å². The summed E-state index contributed by atoms with van der Waals surface area (Å²) in [5.41, 5.74) is 0. The van der Waals surface area contributed by atoms with Crippen molar-refractivity contribution in [1.82, 2.24) is 4.90 Å². The van der Waals surface area contributed by atoms with Crippen LogP contribution in [0, 0.1) is 0 Å². The lowest BCUT2D eigenvalue weighted by atomic mass is 10.1. The monoisotopic (exact) mass is 185 g/mol. The fraction of sp³-hybridized carbons (Fsp3) is 1.00. The molecule has 1 fully saturated rings. The summed E-state index contributed by atoms with van der Waals surface area (Å²) in [4.78, 5) is 2.56. The van der Waals surface area contributed by atoms with Gasteiger partial charge in [0.05, 0.1) is 12.2 Å². The predicted octanol–water partition coefficient (Wildman–Crippen LogP) is 2.28. The van der Waals surface area contributed by atoms with Crippen molar-refractivity contribution in [2.24, 2.45) is 0 Å². The quantitative estimate of drug-likeness (QED) is 0.669. The Balaban J connectivity index is 2.41. The summed E-state index contributed by atoms with van der Waals surface area (Å²) < 4.78 is 5.77. The maximum atomic E-state index is 5.77. The number of rotatable bonds is 3. The van der Waals surface area contributed by atoms with Gasteiger partial charge in [-0.3, -0.25) is 4.90 Å². The lowest BCUT2D eigenvalue weighted by molar-refractivity contribution is -0.0990. The molecule has 0 spiro atoms. The third-order valence-electron chi connectivity index (χ3n) is 2.99. The number of hydrogen-bond acceptors (Lipinski definition) is 2. The Morgan fingerprint density at radius 2 is 2.00 bits per heavy atom. The molecule has 1 rings (SSSR count). The number of ether oxygens (including phenoxy) is 1. The Morgan fingerprint density at radius 1 is 1.31 bits per heavy atom. The zero-order chi connectivity index (χ0) is 9.84. The van der Waals surface area contributed by atoms with Crippen molar-refractivity contribution in [3.8, 4) is 0 Å². The van der Waals surface area contributed by atoms with Crippen LogP contribution in [-0.4, -0.2) is 36.2 Å². The maximum Gasteiger partial charge on any atom is 0.0703 e. The average molecular weight is 185 g/mol. The molecule has 0 aromatic rings. The maximum absolute atomic E-state index is 5.77. The van der Waals surface area contributed by atoms with Gasteiger partial charge < -0.3 is 4.74 Å². The molecule has 0 radical (unpaired) electrons. The molecule has 13 heavy (non-hydrogen) atoms. The minimum Gasteiger partial charge on any atom is -0.373 e. The number of morpholine rings is 1. The first-order valence-corrected chi connectivity index (χ1v) is 5.54. The van der Waals surface area contributed by atoms with Gasteiger partial charge in [0.25, 0.3) is 0 Å². The summed E-state index contributed by atoms with van der Waals surface area (Å²) in [7, 11) is 0. The molecule has 3 atom stereocenters. The second kappa shape index (κ2) is 4.97. The van der Waals surface area contributed by atoms with Crippen LogP contribution in [0.15, 0.2) is 0 Å². The summed E-state index contributed by atoms with van der Waals surface area (Å²) in [5.74, 6) is 0. The molecule has 1 saturated heterocycles. The van der Waals surface area contributed by atoms with Crippen LogP contribution in [0.3, 0.4) is 0 Å². The highest BCUT2D eigenvalue weighted by molar-refractivity contribution is 4.80. The summed E-state index contributed by atoms with van der Waals surface area (Å²) >= 11 is 0. The molecule has 0 amide bonds. The van der Waals surface area contributed by atoms with Crippen LogP contribution in [0.4, 0.5) is 0 Å². The van der Waals surface area contributed by atoms with Crippen LogP contribution in [-0.2, 0) is 4.74 Å². The largest absolute Gasteiger partial charge is 0.373 e. The molecule has 1 aliphatic rings. The van der Waals surface area contributed by atoms with Crippen molar-refractivity contribution in [3.05, 3.63) is 0 Å². The van der Waals surface area contributed by atoms with Gasteiger partial charge in [-0.2, -0.15) is 0 Å². The highest BCUT2D eigenvalue weighted by Crippen LogP contribution is 2.17.